The van der Waals surface area contributed by atoms with Crippen molar-refractivity contribution in [1.29, 1.82) is 0 Å². The summed E-state index contributed by atoms with van der Waals surface area (Å²) in [5, 5.41) is 0. The van der Waals surface area contributed by atoms with Crippen LogP contribution in [-0.4, -0.2) is 13.3 Å². The fourth-order valence-electron chi connectivity index (χ4n) is 3.05. The Hall–Kier alpha value is -1.19. The van der Waals surface area contributed by atoms with E-state index < -0.39 is 11.6 Å². The van der Waals surface area contributed by atoms with Crippen molar-refractivity contribution in [3.05, 3.63) is 29.3 Å². The molecule has 1 nitrogen and oxygen atoms in total. The highest BCUT2D eigenvalue weighted by Gasteiger charge is 2.26. The van der Waals surface area contributed by atoms with Crippen molar-refractivity contribution in [2.24, 2.45) is 5.92 Å². The highest BCUT2D eigenvalue weighted by Crippen LogP contribution is 2.39. The number of alkyl halides is 1. The second kappa shape index (κ2) is 7.00. The van der Waals surface area contributed by atoms with Gasteiger partial charge in [-0.1, -0.05) is 6.07 Å². The Morgan fingerprint density at radius 1 is 1.10 bits per heavy atom. The van der Waals surface area contributed by atoms with Gasteiger partial charge < -0.3 is 4.74 Å². The van der Waals surface area contributed by atoms with Gasteiger partial charge in [-0.2, -0.15) is 4.39 Å². The molecule has 0 aliphatic heterocycles. The molecule has 1 aromatic carbocycles. The van der Waals surface area contributed by atoms with E-state index in [2.05, 4.69) is 0 Å². The summed E-state index contributed by atoms with van der Waals surface area (Å²) in [6.45, 7) is 1.75. The van der Waals surface area contributed by atoms with Gasteiger partial charge in [0.15, 0.2) is 11.6 Å². The monoisotopic (exact) mass is 286 g/mol. The normalized spacial score (nSPS) is 22.8. The van der Waals surface area contributed by atoms with Crippen molar-refractivity contribution >= 4 is 0 Å². The van der Waals surface area contributed by atoms with Crippen LogP contribution >= 0.6 is 0 Å². The standard InChI is InChI=1S/C16H21F3O/c1-2-20-14-8-7-13(15(18)16(14)19)12-5-3-11(4-6-12)9-10-17/h7-8,11-12H,2-6,9-10H2,1H3. The summed E-state index contributed by atoms with van der Waals surface area (Å²) in [7, 11) is 0. The summed E-state index contributed by atoms with van der Waals surface area (Å²) in [6, 6.07) is 3.13. The number of hydrogen-bond acceptors (Lipinski definition) is 1. The molecule has 0 aromatic heterocycles. The van der Waals surface area contributed by atoms with E-state index in [0.29, 0.717) is 24.5 Å². The minimum Gasteiger partial charge on any atom is -0.491 e. The molecule has 0 bridgehead atoms. The summed E-state index contributed by atoms with van der Waals surface area (Å²) in [5.74, 6) is -1.28. The van der Waals surface area contributed by atoms with Crippen LogP contribution in [0.4, 0.5) is 13.2 Å². The van der Waals surface area contributed by atoms with Crippen LogP contribution in [0.1, 0.15) is 50.5 Å². The molecule has 0 spiro atoms. The van der Waals surface area contributed by atoms with E-state index in [0.717, 1.165) is 25.7 Å². The third-order valence-corrected chi connectivity index (χ3v) is 4.18. The van der Waals surface area contributed by atoms with Crippen molar-refractivity contribution < 1.29 is 17.9 Å². The smallest absolute Gasteiger partial charge is 0.200 e. The molecule has 0 heterocycles. The number of halogens is 3. The first-order chi connectivity index (χ1) is 9.67. The van der Waals surface area contributed by atoms with Crippen LogP contribution in [0.25, 0.3) is 0 Å². The minimum atomic E-state index is -0.893. The van der Waals surface area contributed by atoms with Crippen molar-refractivity contribution in [3.63, 3.8) is 0 Å². The molecule has 0 amide bonds. The number of ether oxygens (including phenoxy) is 1. The molecule has 1 aliphatic carbocycles. The van der Waals surface area contributed by atoms with Crippen LogP contribution in [0.2, 0.25) is 0 Å². The summed E-state index contributed by atoms with van der Waals surface area (Å²) < 4.78 is 45.3. The molecule has 0 unspecified atom stereocenters. The predicted molar refractivity (Wildman–Crippen MR) is 72.8 cm³/mol. The Kier molecular flexibility index (Phi) is 5.32. The first kappa shape index (κ1) is 15.2. The van der Waals surface area contributed by atoms with Gasteiger partial charge in [-0.15, -0.1) is 0 Å². The molecule has 4 heteroatoms. The van der Waals surface area contributed by atoms with Gasteiger partial charge in [-0.05, 0) is 62.5 Å². The molecule has 112 valence electrons. The van der Waals surface area contributed by atoms with Crippen molar-refractivity contribution in [1.82, 2.24) is 0 Å². The van der Waals surface area contributed by atoms with Crippen LogP contribution in [-0.2, 0) is 0 Å². The van der Waals surface area contributed by atoms with E-state index in [9.17, 15) is 13.2 Å². The lowest BCUT2D eigenvalue weighted by molar-refractivity contribution is 0.277. The van der Waals surface area contributed by atoms with Gasteiger partial charge in [-0.25, -0.2) is 4.39 Å². The summed E-state index contributed by atoms with van der Waals surface area (Å²) in [5.41, 5.74) is 0.435. The Morgan fingerprint density at radius 3 is 2.40 bits per heavy atom. The number of rotatable bonds is 5. The zero-order valence-corrected chi connectivity index (χ0v) is 11.8. The Labute approximate surface area is 118 Å². The van der Waals surface area contributed by atoms with Crippen molar-refractivity contribution in [2.45, 2.75) is 44.9 Å². The second-order valence-electron chi connectivity index (χ2n) is 5.41. The van der Waals surface area contributed by atoms with Gasteiger partial charge in [0, 0.05) is 0 Å². The van der Waals surface area contributed by atoms with E-state index in [4.69, 9.17) is 4.74 Å². The number of hydrogen-bond donors (Lipinski definition) is 0. The first-order valence-electron chi connectivity index (χ1n) is 7.34. The molecule has 2 rings (SSSR count). The Bertz CT molecular complexity index is 440. The third kappa shape index (κ3) is 3.28. The largest absolute Gasteiger partial charge is 0.491 e. The lowest BCUT2D eigenvalue weighted by atomic mass is 9.77. The molecule has 0 N–H and O–H groups in total. The molecule has 1 fully saturated rings. The quantitative estimate of drug-likeness (QED) is 0.740. The van der Waals surface area contributed by atoms with E-state index in [1.54, 1.807) is 13.0 Å². The van der Waals surface area contributed by atoms with Gasteiger partial charge in [0.2, 0.25) is 5.82 Å². The highest BCUT2D eigenvalue weighted by molar-refractivity contribution is 5.33. The van der Waals surface area contributed by atoms with Gasteiger partial charge in [0.05, 0.1) is 13.3 Å². The molecule has 0 saturated heterocycles. The third-order valence-electron chi connectivity index (χ3n) is 4.18. The van der Waals surface area contributed by atoms with Crippen LogP contribution in [0.15, 0.2) is 12.1 Å². The van der Waals surface area contributed by atoms with Crippen LogP contribution in [0, 0.1) is 17.6 Å². The first-order valence-corrected chi connectivity index (χ1v) is 7.34. The van der Waals surface area contributed by atoms with Gasteiger partial charge >= 0.3 is 0 Å². The van der Waals surface area contributed by atoms with Crippen LogP contribution in [0.5, 0.6) is 5.75 Å². The van der Waals surface area contributed by atoms with E-state index in [1.165, 1.54) is 6.07 Å². The molecular weight excluding hydrogens is 265 g/mol. The highest BCUT2D eigenvalue weighted by atomic mass is 19.2. The maximum absolute atomic E-state index is 14.1. The van der Waals surface area contributed by atoms with Gasteiger partial charge in [0.25, 0.3) is 0 Å². The molecule has 1 saturated carbocycles. The Balaban J connectivity index is 2.08. The molecule has 20 heavy (non-hydrogen) atoms. The molecule has 1 aromatic rings. The number of benzene rings is 1. The summed E-state index contributed by atoms with van der Waals surface area (Å²) in [6.07, 6.45) is 3.97. The lowest BCUT2D eigenvalue weighted by Gasteiger charge is -2.28. The van der Waals surface area contributed by atoms with E-state index in [-0.39, 0.29) is 18.3 Å². The van der Waals surface area contributed by atoms with E-state index in [1.807, 2.05) is 0 Å². The van der Waals surface area contributed by atoms with Gasteiger partial charge in [-0.3, -0.25) is 4.39 Å². The Morgan fingerprint density at radius 2 is 1.80 bits per heavy atom. The van der Waals surface area contributed by atoms with Crippen molar-refractivity contribution in [3.8, 4) is 5.75 Å². The maximum Gasteiger partial charge on any atom is 0.200 e. The SMILES string of the molecule is CCOc1ccc(C2CCC(CCF)CC2)c(F)c1F. The average Bonchev–Trinajstić information content (AvgIpc) is 2.46. The zero-order valence-electron chi connectivity index (χ0n) is 11.8. The predicted octanol–water partition coefficient (Wildman–Crippen LogP) is 5.00. The van der Waals surface area contributed by atoms with Crippen LogP contribution < -0.4 is 4.74 Å². The summed E-state index contributed by atoms with van der Waals surface area (Å²) in [4.78, 5) is 0. The fraction of sp³-hybridized carbons (Fsp3) is 0.625. The topological polar surface area (TPSA) is 9.23 Å². The molecule has 0 atom stereocenters. The van der Waals surface area contributed by atoms with Crippen LogP contribution in [0.3, 0.4) is 0 Å². The van der Waals surface area contributed by atoms with E-state index >= 15 is 0 Å². The molecule has 1 aliphatic rings. The minimum absolute atomic E-state index is 0.0279. The zero-order chi connectivity index (χ0) is 14.5. The summed E-state index contributed by atoms with van der Waals surface area (Å²) >= 11 is 0. The fourth-order valence-corrected chi connectivity index (χ4v) is 3.05. The molecule has 0 radical (unpaired) electrons. The maximum atomic E-state index is 14.1. The molecular formula is C16H21F3O. The van der Waals surface area contributed by atoms with Gasteiger partial charge in [0.1, 0.15) is 0 Å². The van der Waals surface area contributed by atoms with Crippen molar-refractivity contribution in [2.75, 3.05) is 13.3 Å². The lowest BCUT2D eigenvalue weighted by Crippen LogP contribution is -2.15. The second-order valence-corrected chi connectivity index (χ2v) is 5.41. The average molecular weight is 286 g/mol.